The predicted molar refractivity (Wildman–Crippen MR) is 149 cm³/mol. The maximum Gasteiger partial charge on any atom is 0.647 e. The largest absolute Gasteiger partial charge is 0.647 e. The Bertz CT molecular complexity index is 1630. The molecule has 0 aliphatic carbocycles. The molecule has 6 rings (SSSR count). The summed E-state index contributed by atoms with van der Waals surface area (Å²) in [5, 5.41) is 3.55. The zero-order valence-corrected chi connectivity index (χ0v) is 20.8. The first-order valence-corrected chi connectivity index (χ1v) is 13.4. The molecule has 0 aliphatic heterocycles. The summed E-state index contributed by atoms with van der Waals surface area (Å²) in [4.78, 5) is 0. The molecule has 0 saturated carbocycles. The van der Waals surface area contributed by atoms with Crippen LogP contribution in [0.25, 0.3) is 32.7 Å². The Hall–Kier alpha value is -4.53. The van der Waals surface area contributed by atoms with Gasteiger partial charge >= 0.3 is 7.82 Å². The van der Waals surface area contributed by atoms with Gasteiger partial charge in [-0.1, -0.05) is 115 Å². The van der Waals surface area contributed by atoms with Crippen molar-refractivity contribution >= 4 is 29.4 Å². The van der Waals surface area contributed by atoms with E-state index in [9.17, 15) is 4.57 Å². The first kappa shape index (κ1) is 22.9. The van der Waals surface area contributed by atoms with Gasteiger partial charge in [0, 0.05) is 10.8 Å². The minimum absolute atomic E-state index is 0.378. The third kappa shape index (κ3) is 4.93. The Morgan fingerprint density at radius 3 is 1.43 bits per heavy atom. The quantitative estimate of drug-likeness (QED) is 0.204. The predicted octanol–water partition coefficient (Wildman–Crippen LogP) is 9.30. The fourth-order valence-corrected chi connectivity index (χ4v) is 5.61. The molecule has 0 radical (unpaired) electrons. The molecule has 0 bridgehead atoms. The van der Waals surface area contributed by atoms with E-state index >= 15 is 0 Å². The molecule has 37 heavy (non-hydrogen) atoms. The summed E-state index contributed by atoms with van der Waals surface area (Å²) in [5.41, 5.74) is 2.10. The molecule has 0 heterocycles. The van der Waals surface area contributed by atoms with Gasteiger partial charge in [0.25, 0.3) is 0 Å². The van der Waals surface area contributed by atoms with Crippen LogP contribution in [0.15, 0.2) is 140 Å². The van der Waals surface area contributed by atoms with Gasteiger partial charge < -0.3 is 13.6 Å². The highest BCUT2D eigenvalue weighted by Gasteiger charge is 2.34. The van der Waals surface area contributed by atoms with Gasteiger partial charge in [-0.2, -0.15) is 4.57 Å². The summed E-state index contributed by atoms with van der Waals surface area (Å²) in [6.07, 6.45) is 0. The van der Waals surface area contributed by atoms with E-state index in [0.29, 0.717) is 17.2 Å². The molecule has 180 valence electrons. The van der Waals surface area contributed by atoms with E-state index in [1.807, 2.05) is 115 Å². The van der Waals surface area contributed by atoms with Crippen LogP contribution >= 0.6 is 7.82 Å². The van der Waals surface area contributed by atoms with Crippen LogP contribution < -0.4 is 13.6 Å². The summed E-state index contributed by atoms with van der Waals surface area (Å²) in [7, 11) is -4.18. The van der Waals surface area contributed by atoms with E-state index in [-0.39, 0.29) is 0 Å². The SMILES string of the molecule is O=P(Oc1ccc(-c2ccccc2)cc1)(Oc1cccc2ccccc12)Oc1cccc2ccccc12. The number of hydrogen-bond acceptors (Lipinski definition) is 4. The van der Waals surface area contributed by atoms with E-state index in [1.165, 1.54) is 0 Å². The molecule has 0 aromatic heterocycles. The average molecular weight is 503 g/mol. The highest BCUT2D eigenvalue weighted by molar-refractivity contribution is 7.49. The molecule has 0 atom stereocenters. The van der Waals surface area contributed by atoms with Gasteiger partial charge in [-0.05, 0) is 46.2 Å². The van der Waals surface area contributed by atoms with E-state index in [0.717, 1.165) is 32.7 Å². The molecule has 0 N–H and O–H groups in total. The van der Waals surface area contributed by atoms with Gasteiger partial charge in [0.2, 0.25) is 0 Å². The van der Waals surface area contributed by atoms with Gasteiger partial charge in [0.05, 0.1) is 0 Å². The fraction of sp³-hybridized carbons (Fsp3) is 0. The number of fused-ring (bicyclic) bond motifs is 2. The molecule has 0 fully saturated rings. The van der Waals surface area contributed by atoms with Crippen molar-refractivity contribution in [1.29, 1.82) is 0 Å². The van der Waals surface area contributed by atoms with Crippen molar-refractivity contribution in [1.82, 2.24) is 0 Å². The van der Waals surface area contributed by atoms with Crippen LogP contribution in [0.2, 0.25) is 0 Å². The molecule has 0 amide bonds. The zero-order valence-electron chi connectivity index (χ0n) is 19.9. The minimum Gasteiger partial charge on any atom is -0.386 e. The number of phosphoric acid groups is 1. The highest BCUT2D eigenvalue weighted by Crippen LogP contribution is 2.52. The van der Waals surface area contributed by atoms with Crippen molar-refractivity contribution in [2.75, 3.05) is 0 Å². The summed E-state index contributed by atoms with van der Waals surface area (Å²) < 4.78 is 32.5. The normalized spacial score (nSPS) is 11.4. The van der Waals surface area contributed by atoms with Crippen LogP contribution in [0.1, 0.15) is 0 Å². The van der Waals surface area contributed by atoms with Crippen molar-refractivity contribution in [3.05, 3.63) is 140 Å². The Balaban J connectivity index is 1.38. The minimum atomic E-state index is -4.18. The first-order chi connectivity index (χ1) is 18.2. The van der Waals surface area contributed by atoms with Gasteiger partial charge in [-0.3, -0.25) is 0 Å². The summed E-state index contributed by atoms with van der Waals surface area (Å²) >= 11 is 0. The Labute approximate surface area is 215 Å². The van der Waals surface area contributed by atoms with Gasteiger partial charge in [-0.25, -0.2) is 0 Å². The van der Waals surface area contributed by atoms with E-state index in [4.69, 9.17) is 13.6 Å². The van der Waals surface area contributed by atoms with Crippen LogP contribution in [0, 0.1) is 0 Å². The van der Waals surface area contributed by atoms with Crippen molar-refractivity contribution in [3.63, 3.8) is 0 Å². The lowest BCUT2D eigenvalue weighted by atomic mass is 10.1. The van der Waals surface area contributed by atoms with Crippen LogP contribution in [-0.4, -0.2) is 0 Å². The van der Waals surface area contributed by atoms with Crippen LogP contribution in [-0.2, 0) is 4.57 Å². The summed E-state index contributed by atoms with van der Waals surface area (Å²) in [6.45, 7) is 0. The molecule has 0 unspecified atom stereocenters. The van der Waals surface area contributed by atoms with Crippen molar-refractivity contribution < 1.29 is 18.1 Å². The molecule has 5 heteroatoms. The second-order valence-electron chi connectivity index (χ2n) is 8.57. The van der Waals surface area contributed by atoms with E-state index in [1.54, 1.807) is 24.3 Å². The van der Waals surface area contributed by atoms with Gasteiger partial charge in [0.1, 0.15) is 17.2 Å². The van der Waals surface area contributed by atoms with Crippen LogP contribution in [0.5, 0.6) is 17.2 Å². The first-order valence-electron chi connectivity index (χ1n) is 12.0. The highest BCUT2D eigenvalue weighted by atomic mass is 31.2. The fourth-order valence-electron chi connectivity index (χ4n) is 4.32. The molecule has 0 aliphatic rings. The maximum absolute atomic E-state index is 14.3. The lowest BCUT2D eigenvalue weighted by Gasteiger charge is -2.21. The van der Waals surface area contributed by atoms with Crippen LogP contribution in [0.3, 0.4) is 0 Å². The summed E-state index contributed by atoms with van der Waals surface area (Å²) in [6, 6.07) is 44.1. The van der Waals surface area contributed by atoms with Crippen LogP contribution in [0.4, 0.5) is 0 Å². The topological polar surface area (TPSA) is 44.8 Å². The average Bonchev–Trinajstić information content (AvgIpc) is 2.94. The van der Waals surface area contributed by atoms with Gasteiger partial charge in [0.15, 0.2) is 0 Å². The Morgan fingerprint density at radius 1 is 0.405 bits per heavy atom. The standard InChI is InChI=1S/C32H23O4P/c33-37(35-31-18-8-14-26-12-4-6-16-29(26)31,36-32-19-9-15-27-13-5-7-17-30(27)32)34-28-22-20-25(21-23-28)24-10-2-1-3-11-24/h1-23H. The Kier molecular flexibility index (Phi) is 6.10. The molecule has 6 aromatic rings. The molecule has 6 aromatic carbocycles. The van der Waals surface area contributed by atoms with E-state index < -0.39 is 7.82 Å². The van der Waals surface area contributed by atoms with Crippen molar-refractivity contribution in [2.24, 2.45) is 0 Å². The molecule has 0 spiro atoms. The summed E-state index contributed by atoms with van der Waals surface area (Å²) in [5.74, 6) is 1.22. The lowest BCUT2D eigenvalue weighted by Crippen LogP contribution is -2.08. The molecule has 0 saturated heterocycles. The molecule has 4 nitrogen and oxygen atoms in total. The lowest BCUT2D eigenvalue weighted by molar-refractivity contribution is 0.301. The van der Waals surface area contributed by atoms with Gasteiger partial charge in [-0.15, -0.1) is 0 Å². The van der Waals surface area contributed by atoms with E-state index in [2.05, 4.69) is 0 Å². The smallest absolute Gasteiger partial charge is 0.386 e. The monoisotopic (exact) mass is 502 g/mol. The second kappa shape index (κ2) is 9.85. The number of hydrogen-bond donors (Lipinski definition) is 0. The van der Waals surface area contributed by atoms with Crippen molar-refractivity contribution in [2.45, 2.75) is 0 Å². The second-order valence-corrected chi connectivity index (χ2v) is 10.0. The number of phosphoric ester groups is 1. The van der Waals surface area contributed by atoms with Crippen molar-refractivity contribution in [3.8, 4) is 28.4 Å². The zero-order chi connectivity index (χ0) is 25.1. The number of benzene rings is 6. The molecular weight excluding hydrogens is 479 g/mol. The number of rotatable bonds is 7. The third-order valence-corrected chi connectivity index (χ3v) is 7.37. The maximum atomic E-state index is 14.3. The third-order valence-electron chi connectivity index (χ3n) is 6.10. The Morgan fingerprint density at radius 2 is 0.865 bits per heavy atom. The molecular formula is C32H23O4P.